The molecule has 0 amide bonds. The van der Waals surface area contributed by atoms with Crippen molar-refractivity contribution in [3.05, 3.63) is 42.7 Å². The van der Waals surface area contributed by atoms with Crippen LogP contribution in [0.1, 0.15) is 4.79 Å². The van der Waals surface area contributed by atoms with Gasteiger partial charge >= 0.3 is 12.1 Å². The molecular weight excluding hydrogens is 233 g/mol. The molecule has 0 aliphatic carbocycles. The summed E-state index contributed by atoms with van der Waals surface area (Å²) >= 11 is 0. The van der Waals surface area contributed by atoms with Gasteiger partial charge in [-0.15, -0.1) is 0 Å². The molecule has 0 radical (unpaired) electrons. The van der Waals surface area contributed by atoms with Crippen LogP contribution in [0.4, 0.5) is 13.2 Å². The Balaban J connectivity index is 2.46. The van der Waals surface area contributed by atoms with Crippen LogP contribution in [0.5, 0.6) is 0 Å². The molecule has 17 heavy (non-hydrogen) atoms. The Hall–Kier alpha value is -2.11. The van der Waals surface area contributed by atoms with Gasteiger partial charge in [0.25, 0.3) is 0 Å². The highest BCUT2D eigenvalue weighted by atomic mass is 19.4. The highest BCUT2D eigenvalue weighted by Gasteiger charge is 2.40. The molecule has 0 unspecified atom stereocenters. The molecular formula is C11H7F3N2O. The average Bonchev–Trinajstić information content (AvgIpc) is 2.76. The number of carbonyl (C=O) groups is 1. The highest BCUT2D eigenvalue weighted by molar-refractivity contribution is 5.87. The molecule has 3 nitrogen and oxygen atoms in total. The molecule has 1 aromatic carbocycles. The van der Waals surface area contributed by atoms with Gasteiger partial charge in [-0.3, -0.25) is 9.36 Å². The van der Waals surface area contributed by atoms with E-state index < -0.39 is 12.1 Å². The summed E-state index contributed by atoms with van der Waals surface area (Å²) < 4.78 is 37.4. The number of imidazole rings is 1. The summed E-state index contributed by atoms with van der Waals surface area (Å²) in [4.78, 5) is 14.9. The molecule has 1 aromatic heterocycles. The normalized spacial score (nSPS) is 11.5. The predicted molar refractivity (Wildman–Crippen MR) is 54.3 cm³/mol. The molecule has 2 rings (SSSR count). The van der Waals surface area contributed by atoms with Crippen molar-refractivity contribution < 1.29 is 18.0 Å². The molecule has 0 spiro atoms. The van der Waals surface area contributed by atoms with Crippen LogP contribution in [-0.4, -0.2) is 21.6 Å². The Morgan fingerprint density at radius 2 is 1.82 bits per heavy atom. The molecule has 2 aromatic rings. The van der Waals surface area contributed by atoms with Crippen LogP contribution in [0.15, 0.2) is 42.7 Å². The minimum Gasteiger partial charge on any atom is -0.264 e. The third-order valence-electron chi connectivity index (χ3n) is 2.13. The van der Waals surface area contributed by atoms with Crippen LogP contribution in [0.2, 0.25) is 0 Å². The van der Waals surface area contributed by atoms with E-state index in [1.807, 2.05) is 0 Å². The fourth-order valence-electron chi connectivity index (χ4n) is 1.40. The summed E-state index contributed by atoms with van der Waals surface area (Å²) in [5, 5.41) is 0. The fraction of sp³-hybridized carbons (Fsp3) is 0.0909. The largest absolute Gasteiger partial charge is 0.472 e. The lowest BCUT2D eigenvalue weighted by Gasteiger charge is -2.08. The highest BCUT2D eigenvalue weighted by Crippen LogP contribution is 2.23. The SMILES string of the molecule is O=C(n1ccnc1-c1ccccc1)C(F)(F)F. The Bertz CT molecular complexity index is 531. The molecule has 1 heterocycles. The van der Waals surface area contributed by atoms with Crippen molar-refractivity contribution in [2.45, 2.75) is 6.18 Å². The molecule has 0 atom stereocenters. The third kappa shape index (κ3) is 2.20. The number of hydrogen-bond acceptors (Lipinski definition) is 2. The van der Waals surface area contributed by atoms with E-state index >= 15 is 0 Å². The van der Waals surface area contributed by atoms with Crippen LogP contribution >= 0.6 is 0 Å². The summed E-state index contributed by atoms with van der Waals surface area (Å²) in [6, 6.07) is 8.21. The predicted octanol–water partition coefficient (Wildman–Crippen LogP) is 2.75. The van der Waals surface area contributed by atoms with E-state index in [1.165, 1.54) is 0 Å². The van der Waals surface area contributed by atoms with E-state index in [1.54, 1.807) is 30.3 Å². The van der Waals surface area contributed by atoms with Gasteiger partial charge in [0.2, 0.25) is 0 Å². The van der Waals surface area contributed by atoms with E-state index in [0.29, 0.717) is 10.1 Å². The van der Waals surface area contributed by atoms with Crippen LogP contribution in [0.25, 0.3) is 11.4 Å². The van der Waals surface area contributed by atoms with Gasteiger partial charge in [-0.1, -0.05) is 30.3 Å². The molecule has 0 N–H and O–H groups in total. The van der Waals surface area contributed by atoms with Crippen molar-refractivity contribution in [3.8, 4) is 11.4 Å². The molecule has 0 fully saturated rings. The summed E-state index contributed by atoms with van der Waals surface area (Å²) in [6.45, 7) is 0. The van der Waals surface area contributed by atoms with Crippen molar-refractivity contribution in [1.29, 1.82) is 0 Å². The lowest BCUT2D eigenvalue weighted by Crippen LogP contribution is -2.29. The lowest BCUT2D eigenvalue weighted by molar-refractivity contribution is -0.0945. The number of nitrogens with zero attached hydrogens (tertiary/aromatic N) is 2. The van der Waals surface area contributed by atoms with Crippen molar-refractivity contribution in [1.82, 2.24) is 9.55 Å². The first-order valence-corrected chi connectivity index (χ1v) is 4.70. The quantitative estimate of drug-likeness (QED) is 0.768. The molecule has 0 aliphatic rings. The topological polar surface area (TPSA) is 34.9 Å². The smallest absolute Gasteiger partial charge is 0.264 e. The van der Waals surface area contributed by atoms with E-state index in [-0.39, 0.29) is 5.82 Å². The van der Waals surface area contributed by atoms with Crippen LogP contribution < -0.4 is 0 Å². The number of aromatic nitrogens is 2. The monoisotopic (exact) mass is 240 g/mol. The first-order chi connectivity index (χ1) is 8.00. The maximum Gasteiger partial charge on any atom is 0.472 e. The standard InChI is InChI=1S/C11H7F3N2O/c12-11(13,14)10(17)16-7-6-15-9(16)8-4-2-1-3-5-8/h1-7H. The first kappa shape index (κ1) is 11.4. The molecule has 0 aliphatic heterocycles. The molecule has 88 valence electrons. The van der Waals surface area contributed by atoms with E-state index in [2.05, 4.69) is 4.98 Å². The van der Waals surface area contributed by atoms with Crippen LogP contribution in [0.3, 0.4) is 0 Å². The maximum absolute atomic E-state index is 12.3. The summed E-state index contributed by atoms with van der Waals surface area (Å²) in [7, 11) is 0. The summed E-state index contributed by atoms with van der Waals surface area (Å²) in [6.07, 6.45) is -2.76. The Labute approximate surface area is 94.5 Å². The Kier molecular flexibility index (Phi) is 2.71. The van der Waals surface area contributed by atoms with Crippen molar-refractivity contribution >= 4 is 5.91 Å². The number of rotatable bonds is 1. The second kappa shape index (κ2) is 4.04. The van der Waals surface area contributed by atoms with Crippen molar-refractivity contribution in [2.24, 2.45) is 0 Å². The zero-order valence-corrected chi connectivity index (χ0v) is 8.48. The van der Waals surface area contributed by atoms with Crippen LogP contribution in [0, 0.1) is 0 Å². The van der Waals surface area contributed by atoms with E-state index in [4.69, 9.17) is 0 Å². The number of halogens is 3. The molecule has 0 saturated carbocycles. The molecule has 0 saturated heterocycles. The Morgan fingerprint density at radius 1 is 1.18 bits per heavy atom. The van der Waals surface area contributed by atoms with E-state index in [0.717, 1.165) is 12.4 Å². The number of benzene rings is 1. The zero-order chi connectivity index (χ0) is 12.5. The van der Waals surface area contributed by atoms with Gasteiger partial charge in [-0.05, 0) is 0 Å². The fourth-order valence-corrected chi connectivity index (χ4v) is 1.40. The second-order valence-electron chi connectivity index (χ2n) is 3.29. The van der Waals surface area contributed by atoms with Gasteiger partial charge in [0.1, 0.15) is 5.82 Å². The average molecular weight is 240 g/mol. The maximum atomic E-state index is 12.3. The van der Waals surface area contributed by atoms with Crippen molar-refractivity contribution in [2.75, 3.05) is 0 Å². The van der Waals surface area contributed by atoms with Gasteiger partial charge in [0.05, 0.1) is 0 Å². The molecule has 0 bridgehead atoms. The van der Waals surface area contributed by atoms with Crippen molar-refractivity contribution in [3.63, 3.8) is 0 Å². The van der Waals surface area contributed by atoms with Gasteiger partial charge in [0, 0.05) is 18.0 Å². The van der Waals surface area contributed by atoms with Gasteiger partial charge in [0.15, 0.2) is 0 Å². The van der Waals surface area contributed by atoms with Gasteiger partial charge in [-0.25, -0.2) is 4.98 Å². The minimum atomic E-state index is -4.91. The third-order valence-corrected chi connectivity index (χ3v) is 2.13. The van der Waals surface area contributed by atoms with Gasteiger partial charge < -0.3 is 0 Å². The molecule has 6 heteroatoms. The second-order valence-corrected chi connectivity index (χ2v) is 3.29. The number of alkyl halides is 3. The van der Waals surface area contributed by atoms with E-state index in [9.17, 15) is 18.0 Å². The lowest BCUT2D eigenvalue weighted by atomic mass is 10.2. The summed E-state index contributed by atoms with van der Waals surface area (Å²) in [5.41, 5.74) is 0.454. The minimum absolute atomic E-state index is 0.0204. The number of hydrogen-bond donors (Lipinski definition) is 0. The first-order valence-electron chi connectivity index (χ1n) is 4.70. The summed E-state index contributed by atoms with van der Waals surface area (Å²) in [5.74, 6) is -1.97. The zero-order valence-electron chi connectivity index (χ0n) is 8.48. The van der Waals surface area contributed by atoms with Crippen LogP contribution in [-0.2, 0) is 0 Å². The number of carbonyl (C=O) groups excluding carboxylic acids is 1. The van der Waals surface area contributed by atoms with Gasteiger partial charge in [-0.2, -0.15) is 13.2 Å². The Morgan fingerprint density at radius 3 is 2.41 bits per heavy atom.